The van der Waals surface area contributed by atoms with Crippen LogP contribution in [0.4, 0.5) is 0 Å². The van der Waals surface area contributed by atoms with E-state index in [-0.39, 0.29) is 35.4 Å². The van der Waals surface area contributed by atoms with Crippen molar-refractivity contribution >= 4 is 0 Å². The highest BCUT2D eigenvalue weighted by molar-refractivity contribution is 5.19. The Morgan fingerprint density at radius 2 is 0.894 bits per heavy atom. The molecule has 0 spiro atoms. The van der Waals surface area contributed by atoms with Crippen LogP contribution >= 0.6 is 0 Å². The molecule has 47 heavy (non-hydrogen) atoms. The van der Waals surface area contributed by atoms with Gasteiger partial charge in [0.05, 0.1) is 24.0 Å². The molecule has 0 aliphatic rings. The molecule has 0 saturated heterocycles. The van der Waals surface area contributed by atoms with Gasteiger partial charge in [-0.05, 0) is 90.4 Å². The molecule has 0 bridgehead atoms. The summed E-state index contributed by atoms with van der Waals surface area (Å²) >= 11 is 0. The molecule has 0 saturated carbocycles. The van der Waals surface area contributed by atoms with Crippen LogP contribution < -0.4 is 0 Å². The molecule has 4 N–H and O–H groups in total. The lowest BCUT2D eigenvalue weighted by Crippen LogP contribution is -2.29. The highest BCUT2D eigenvalue weighted by Crippen LogP contribution is 2.32. The lowest BCUT2D eigenvalue weighted by atomic mass is 9.75. The van der Waals surface area contributed by atoms with Gasteiger partial charge in [-0.3, -0.25) is 0 Å². The number of hydrogen-bond donors (Lipinski definition) is 4. The molecule has 0 amide bonds. The van der Waals surface area contributed by atoms with E-state index in [1.165, 1.54) is 6.42 Å². The third-order valence-corrected chi connectivity index (χ3v) is 8.78. The predicted octanol–water partition coefficient (Wildman–Crippen LogP) is 9.49. The smallest absolute Gasteiger partial charge is 0.123 e. The number of rotatable bonds is 10. The summed E-state index contributed by atoms with van der Waals surface area (Å²) in [6.45, 7) is 37.9. The zero-order valence-corrected chi connectivity index (χ0v) is 34.6. The summed E-state index contributed by atoms with van der Waals surface area (Å²) in [4.78, 5) is 0. The lowest BCUT2D eigenvalue weighted by molar-refractivity contribution is 0.0957. The van der Waals surface area contributed by atoms with Crippen molar-refractivity contribution < 1.29 is 20.4 Å². The van der Waals surface area contributed by atoms with Crippen molar-refractivity contribution in [3.8, 4) is 48.4 Å². The number of hydrogen-bond acceptors (Lipinski definition) is 4. The maximum Gasteiger partial charge on any atom is 0.123 e. The van der Waals surface area contributed by atoms with Crippen LogP contribution in [0.1, 0.15) is 150 Å². The molecule has 0 aliphatic carbocycles. The highest BCUT2D eigenvalue weighted by atomic mass is 16.3. The summed E-state index contributed by atoms with van der Waals surface area (Å²) in [5.74, 6) is 20.4. The molecular formula is C43H80O4. The van der Waals surface area contributed by atoms with Gasteiger partial charge in [0.2, 0.25) is 0 Å². The van der Waals surface area contributed by atoms with E-state index < -0.39 is 11.0 Å². The van der Waals surface area contributed by atoms with Gasteiger partial charge < -0.3 is 20.4 Å². The van der Waals surface area contributed by atoms with Crippen LogP contribution in [-0.2, 0) is 0 Å². The average molecular weight is 661 g/mol. The quantitative estimate of drug-likeness (QED) is 0.176. The topological polar surface area (TPSA) is 80.9 Å². The summed E-state index contributed by atoms with van der Waals surface area (Å²) in [6.07, 6.45) is 13.8. The largest absolute Gasteiger partial charge is 0.400 e. The van der Waals surface area contributed by atoms with Crippen molar-refractivity contribution in [1.82, 2.24) is 0 Å². The normalized spacial score (nSPS) is 15.6. The maximum absolute atomic E-state index is 10.1. The summed E-state index contributed by atoms with van der Waals surface area (Å²) in [5, 5.41) is 35.2. The summed E-state index contributed by atoms with van der Waals surface area (Å²) in [7, 11) is 1.00. The molecule has 0 aromatic heterocycles. The standard InChI is InChI=1S/C16H30.C14H26O2.C8H14O.C4H6.CH4O/c1-9-16(8,14(4)5)11-10-15(6,7)12-13(2)3;1-11(2)9-14(6,16)8-7-13(5,10-15)12(3)4;1-5-8(4,6-9)7(2)3;1-3-4-2;1-2/h13-14H,9,12H2,1-8H3;11-12,15-16H,9-10H2,1-6H3;1,7,9H,6H2,2-4H3;1H,4H2,2H3;2H,1H3. The van der Waals surface area contributed by atoms with Gasteiger partial charge in [-0.2, -0.15) is 0 Å². The minimum Gasteiger partial charge on any atom is -0.400 e. The Hall–Kier alpha value is -1.92. The van der Waals surface area contributed by atoms with E-state index in [0.717, 1.165) is 25.9 Å². The van der Waals surface area contributed by atoms with Gasteiger partial charge in [0, 0.05) is 24.4 Å². The van der Waals surface area contributed by atoms with E-state index in [9.17, 15) is 10.2 Å². The maximum atomic E-state index is 10.1. The van der Waals surface area contributed by atoms with Crippen molar-refractivity contribution in [2.75, 3.05) is 20.3 Å². The van der Waals surface area contributed by atoms with E-state index in [1.54, 1.807) is 6.92 Å². The Labute approximate surface area is 295 Å². The summed E-state index contributed by atoms with van der Waals surface area (Å²) in [6, 6.07) is 0. The average Bonchev–Trinajstić information content (AvgIpc) is 2.98. The molecule has 276 valence electrons. The first-order valence-corrected chi connectivity index (χ1v) is 17.6. The molecule has 4 atom stereocenters. The monoisotopic (exact) mass is 661 g/mol. The van der Waals surface area contributed by atoms with Gasteiger partial charge in [0.1, 0.15) is 5.60 Å². The van der Waals surface area contributed by atoms with Crippen LogP contribution in [0.25, 0.3) is 0 Å². The molecule has 0 fully saturated rings. The summed E-state index contributed by atoms with van der Waals surface area (Å²) in [5.41, 5.74) is -1.39. The number of aliphatic hydroxyl groups excluding tert-OH is 3. The van der Waals surface area contributed by atoms with E-state index in [2.05, 4.69) is 105 Å². The first-order chi connectivity index (χ1) is 21.2. The Morgan fingerprint density at radius 3 is 1.11 bits per heavy atom. The fraction of sp³-hybridized carbons (Fsp3) is 0.814. The van der Waals surface area contributed by atoms with Crippen LogP contribution in [0.2, 0.25) is 0 Å². The SMILES string of the molecule is C#CC(C)(CO)C(C)C.C#CCC.CC(C)CC(C)(O)C#CC(C)(CO)C(C)C.CCC(C)(C#CC(C)(C)CC(C)C)C(C)C.CO. The van der Waals surface area contributed by atoms with Gasteiger partial charge in [-0.1, -0.05) is 113 Å². The Morgan fingerprint density at radius 1 is 0.553 bits per heavy atom. The van der Waals surface area contributed by atoms with E-state index in [1.807, 2.05) is 48.5 Å². The van der Waals surface area contributed by atoms with Crippen LogP contribution in [0.5, 0.6) is 0 Å². The van der Waals surface area contributed by atoms with Crippen LogP contribution in [-0.4, -0.2) is 46.4 Å². The fourth-order valence-electron chi connectivity index (χ4n) is 3.91. The van der Waals surface area contributed by atoms with Crippen LogP contribution in [0.15, 0.2) is 0 Å². The second-order valence-electron chi connectivity index (χ2n) is 15.9. The first kappa shape index (κ1) is 54.5. The molecule has 0 aromatic carbocycles. The lowest BCUT2D eigenvalue weighted by Gasteiger charge is -2.28. The van der Waals surface area contributed by atoms with Gasteiger partial charge in [-0.25, -0.2) is 0 Å². The summed E-state index contributed by atoms with van der Waals surface area (Å²) < 4.78 is 0. The molecule has 4 nitrogen and oxygen atoms in total. The molecule has 0 radical (unpaired) electrons. The van der Waals surface area contributed by atoms with Crippen molar-refractivity contribution in [3.63, 3.8) is 0 Å². The third-order valence-electron chi connectivity index (χ3n) is 8.78. The minimum atomic E-state index is -0.959. The zero-order chi connectivity index (χ0) is 38.9. The second-order valence-corrected chi connectivity index (χ2v) is 15.9. The molecule has 4 heteroatoms. The van der Waals surface area contributed by atoms with E-state index in [4.69, 9.17) is 23.1 Å². The number of aliphatic hydroxyl groups is 4. The van der Waals surface area contributed by atoms with Gasteiger partial charge >= 0.3 is 0 Å². The van der Waals surface area contributed by atoms with Crippen molar-refractivity contribution in [2.24, 2.45) is 51.2 Å². The van der Waals surface area contributed by atoms with Crippen molar-refractivity contribution in [2.45, 2.75) is 156 Å². The molecule has 0 aromatic rings. The molecule has 4 unspecified atom stereocenters. The predicted molar refractivity (Wildman–Crippen MR) is 208 cm³/mol. The van der Waals surface area contributed by atoms with Crippen molar-refractivity contribution in [3.05, 3.63) is 0 Å². The fourth-order valence-corrected chi connectivity index (χ4v) is 3.91. The Kier molecular flexibility index (Phi) is 31.3. The Balaban J connectivity index is -0.000000178. The van der Waals surface area contributed by atoms with Crippen LogP contribution in [0, 0.1) is 99.6 Å². The minimum absolute atomic E-state index is 0.0232. The van der Waals surface area contributed by atoms with E-state index >= 15 is 0 Å². The van der Waals surface area contributed by atoms with Gasteiger partial charge in [0.25, 0.3) is 0 Å². The highest BCUT2D eigenvalue weighted by Gasteiger charge is 2.27. The van der Waals surface area contributed by atoms with Gasteiger partial charge in [-0.15, -0.1) is 18.8 Å². The zero-order valence-electron chi connectivity index (χ0n) is 34.6. The number of terminal acetylenes is 2. The Bertz CT molecular complexity index is 923. The third kappa shape index (κ3) is 27.7. The van der Waals surface area contributed by atoms with E-state index in [0.29, 0.717) is 24.2 Å². The second kappa shape index (κ2) is 27.0. The van der Waals surface area contributed by atoms with Crippen LogP contribution in [0.3, 0.4) is 0 Å². The molecule has 0 heterocycles. The first-order valence-electron chi connectivity index (χ1n) is 17.6. The molecule has 0 aliphatic heterocycles. The van der Waals surface area contributed by atoms with Gasteiger partial charge in [0.15, 0.2) is 0 Å². The van der Waals surface area contributed by atoms with Crippen molar-refractivity contribution in [1.29, 1.82) is 0 Å². The molecule has 0 rings (SSSR count). The molecular weight excluding hydrogens is 580 g/mol.